The van der Waals surface area contributed by atoms with E-state index < -0.39 is 5.97 Å². The van der Waals surface area contributed by atoms with Crippen molar-refractivity contribution in [3.63, 3.8) is 0 Å². The Kier molecular flexibility index (Phi) is 5.97. The standard InChI is InChI=1S/C19H19N3O4S/c1-4-25-16-6-5-13(7-17(16)24-3)18-22-14(11-27-18)10-26-19(23)15-9-20-12(2)8-21-15/h5-9,11H,4,10H2,1-3H3. The van der Waals surface area contributed by atoms with Crippen LogP contribution in [0.25, 0.3) is 10.6 Å². The molecule has 3 aromatic rings. The maximum atomic E-state index is 12.0. The van der Waals surface area contributed by atoms with Crippen LogP contribution in [-0.2, 0) is 11.3 Å². The van der Waals surface area contributed by atoms with Crippen molar-refractivity contribution in [3.8, 4) is 22.1 Å². The highest BCUT2D eigenvalue weighted by molar-refractivity contribution is 7.13. The molecule has 3 rings (SSSR count). The molecule has 0 aliphatic heterocycles. The molecule has 0 saturated heterocycles. The summed E-state index contributed by atoms with van der Waals surface area (Å²) in [5.74, 6) is 0.809. The summed E-state index contributed by atoms with van der Waals surface area (Å²) in [5, 5.41) is 2.66. The van der Waals surface area contributed by atoms with E-state index in [0.29, 0.717) is 23.8 Å². The SMILES string of the molecule is CCOc1ccc(-c2nc(COC(=O)c3cnc(C)cn3)cs2)cc1OC. The molecule has 2 heterocycles. The quantitative estimate of drug-likeness (QED) is 0.574. The molecule has 0 bridgehead atoms. The minimum atomic E-state index is -0.528. The third-order valence-corrected chi connectivity index (χ3v) is 4.54. The van der Waals surface area contributed by atoms with Crippen LogP contribution < -0.4 is 9.47 Å². The lowest BCUT2D eigenvalue weighted by molar-refractivity contribution is 0.0461. The molecule has 1 aromatic carbocycles. The summed E-state index contributed by atoms with van der Waals surface area (Å²) < 4.78 is 16.2. The van der Waals surface area contributed by atoms with Gasteiger partial charge in [-0.05, 0) is 32.0 Å². The Bertz CT molecular complexity index is 925. The van der Waals surface area contributed by atoms with Crippen LogP contribution >= 0.6 is 11.3 Å². The fraction of sp³-hybridized carbons (Fsp3) is 0.263. The summed E-state index contributed by atoms with van der Waals surface area (Å²) in [4.78, 5) is 24.6. The molecule has 0 atom stereocenters. The molecule has 0 fully saturated rings. The van der Waals surface area contributed by atoms with Gasteiger partial charge in [-0.15, -0.1) is 11.3 Å². The number of esters is 1. The fourth-order valence-corrected chi connectivity index (χ4v) is 3.09. The van der Waals surface area contributed by atoms with Gasteiger partial charge in [0.1, 0.15) is 11.6 Å². The van der Waals surface area contributed by atoms with Crippen LogP contribution in [0.1, 0.15) is 28.8 Å². The Balaban J connectivity index is 1.67. The zero-order valence-electron chi connectivity index (χ0n) is 15.3. The van der Waals surface area contributed by atoms with E-state index in [4.69, 9.17) is 14.2 Å². The zero-order chi connectivity index (χ0) is 19.2. The monoisotopic (exact) mass is 385 g/mol. The van der Waals surface area contributed by atoms with Gasteiger partial charge in [0.25, 0.3) is 0 Å². The summed E-state index contributed by atoms with van der Waals surface area (Å²) in [7, 11) is 1.60. The highest BCUT2D eigenvalue weighted by Crippen LogP contribution is 2.33. The lowest BCUT2D eigenvalue weighted by Crippen LogP contribution is -2.08. The zero-order valence-corrected chi connectivity index (χ0v) is 16.1. The number of ether oxygens (including phenoxy) is 3. The molecule has 2 aromatic heterocycles. The number of methoxy groups -OCH3 is 1. The van der Waals surface area contributed by atoms with Gasteiger partial charge >= 0.3 is 5.97 Å². The molecular formula is C19H19N3O4S. The molecule has 7 nitrogen and oxygen atoms in total. The minimum Gasteiger partial charge on any atom is -0.493 e. The van der Waals surface area contributed by atoms with Crippen LogP contribution in [0.15, 0.2) is 36.0 Å². The fourth-order valence-electron chi connectivity index (χ4n) is 2.29. The van der Waals surface area contributed by atoms with Crippen molar-refractivity contribution in [3.05, 3.63) is 53.1 Å². The summed E-state index contributed by atoms with van der Waals surface area (Å²) in [6, 6.07) is 5.65. The van der Waals surface area contributed by atoms with Crippen LogP contribution in [0.4, 0.5) is 0 Å². The van der Waals surface area contributed by atoms with Gasteiger partial charge in [-0.1, -0.05) is 0 Å². The molecule has 8 heteroatoms. The van der Waals surface area contributed by atoms with Crippen molar-refractivity contribution in [2.75, 3.05) is 13.7 Å². The first kappa shape index (κ1) is 18.8. The first-order valence-corrected chi connectivity index (χ1v) is 9.20. The second-order valence-electron chi connectivity index (χ2n) is 5.56. The number of hydrogen-bond donors (Lipinski definition) is 0. The topological polar surface area (TPSA) is 83.4 Å². The van der Waals surface area contributed by atoms with Gasteiger partial charge in [0.15, 0.2) is 17.2 Å². The van der Waals surface area contributed by atoms with Gasteiger partial charge in [0.2, 0.25) is 0 Å². The van der Waals surface area contributed by atoms with E-state index in [2.05, 4.69) is 15.0 Å². The van der Waals surface area contributed by atoms with Gasteiger partial charge in [0.05, 0.1) is 31.3 Å². The average molecular weight is 385 g/mol. The van der Waals surface area contributed by atoms with Gasteiger partial charge in [-0.2, -0.15) is 0 Å². The normalized spacial score (nSPS) is 10.5. The Hall–Kier alpha value is -3.00. The molecule has 0 radical (unpaired) electrons. The van der Waals surface area contributed by atoms with E-state index in [-0.39, 0.29) is 12.3 Å². The third-order valence-electron chi connectivity index (χ3n) is 3.60. The van der Waals surface area contributed by atoms with E-state index in [9.17, 15) is 4.79 Å². The molecule has 0 unspecified atom stereocenters. The second kappa shape index (κ2) is 8.59. The number of aryl methyl sites for hydroxylation is 1. The van der Waals surface area contributed by atoms with Crippen LogP contribution in [0.2, 0.25) is 0 Å². The number of carbonyl (C=O) groups excluding carboxylic acids is 1. The number of carbonyl (C=O) groups is 1. The smallest absolute Gasteiger partial charge is 0.358 e. The molecule has 140 valence electrons. The highest BCUT2D eigenvalue weighted by Gasteiger charge is 2.13. The number of nitrogens with zero attached hydrogens (tertiary/aromatic N) is 3. The maximum Gasteiger partial charge on any atom is 0.358 e. The number of hydrogen-bond acceptors (Lipinski definition) is 8. The second-order valence-corrected chi connectivity index (χ2v) is 6.42. The van der Waals surface area contributed by atoms with Crippen molar-refractivity contribution < 1.29 is 19.0 Å². The van der Waals surface area contributed by atoms with Crippen molar-refractivity contribution in [2.24, 2.45) is 0 Å². The van der Waals surface area contributed by atoms with E-state index in [1.807, 2.05) is 30.5 Å². The van der Waals surface area contributed by atoms with Crippen LogP contribution in [-0.4, -0.2) is 34.6 Å². The number of aromatic nitrogens is 3. The van der Waals surface area contributed by atoms with Crippen molar-refractivity contribution in [1.29, 1.82) is 0 Å². The summed E-state index contributed by atoms with van der Waals surface area (Å²) >= 11 is 1.46. The van der Waals surface area contributed by atoms with E-state index in [1.165, 1.54) is 23.7 Å². The first-order chi connectivity index (χ1) is 13.1. The largest absolute Gasteiger partial charge is 0.493 e. The van der Waals surface area contributed by atoms with Gasteiger partial charge in [-0.3, -0.25) is 4.98 Å². The predicted octanol–water partition coefficient (Wildman–Crippen LogP) is 3.67. The molecule has 0 aliphatic rings. The maximum absolute atomic E-state index is 12.0. The van der Waals surface area contributed by atoms with Gasteiger partial charge < -0.3 is 14.2 Å². The molecule has 27 heavy (non-hydrogen) atoms. The lowest BCUT2D eigenvalue weighted by atomic mass is 10.2. The molecule has 0 spiro atoms. The number of thiazole rings is 1. The predicted molar refractivity (Wildman–Crippen MR) is 101 cm³/mol. The number of rotatable bonds is 7. The minimum absolute atomic E-state index is 0.0685. The summed E-state index contributed by atoms with van der Waals surface area (Å²) in [6.07, 6.45) is 2.92. The third kappa shape index (κ3) is 4.59. The van der Waals surface area contributed by atoms with Crippen LogP contribution in [0, 0.1) is 6.92 Å². The molecule has 0 amide bonds. The average Bonchev–Trinajstić information content (AvgIpc) is 3.16. The Morgan fingerprint density at radius 1 is 1.19 bits per heavy atom. The molecule has 0 aliphatic carbocycles. The first-order valence-electron chi connectivity index (χ1n) is 8.32. The number of benzene rings is 1. The van der Waals surface area contributed by atoms with Crippen molar-refractivity contribution in [1.82, 2.24) is 15.0 Å². The van der Waals surface area contributed by atoms with Crippen LogP contribution in [0.3, 0.4) is 0 Å². The Morgan fingerprint density at radius 3 is 2.74 bits per heavy atom. The van der Waals surface area contributed by atoms with E-state index in [0.717, 1.165) is 16.3 Å². The van der Waals surface area contributed by atoms with Gasteiger partial charge in [-0.25, -0.2) is 14.8 Å². The highest BCUT2D eigenvalue weighted by atomic mass is 32.1. The molecular weight excluding hydrogens is 366 g/mol. The van der Waals surface area contributed by atoms with Crippen LogP contribution in [0.5, 0.6) is 11.5 Å². The van der Waals surface area contributed by atoms with Crippen molar-refractivity contribution in [2.45, 2.75) is 20.5 Å². The summed E-state index contributed by atoms with van der Waals surface area (Å²) in [6.45, 7) is 4.35. The van der Waals surface area contributed by atoms with E-state index >= 15 is 0 Å². The molecule has 0 saturated carbocycles. The lowest BCUT2D eigenvalue weighted by Gasteiger charge is -2.09. The molecule has 0 N–H and O–H groups in total. The van der Waals surface area contributed by atoms with E-state index in [1.54, 1.807) is 14.0 Å². The van der Waals surface area contributed by atoms with Gasteiger partial charge in [0, 0.05) is 17.1 Å². The Labute approximate surface area is 161 Å². The Morgan fingerprint density at radius 2 is 2.04 bits per heavy atom. The van der Waals surface area contributed by atoms with Crippen molar-refractivity contribution >= 4 is 17.3 Å². The summed E-state index contributed by atoms with van der Waals surface area (Å²) in [5.41, 5.74) is 2.48.